The van der Waals surface area contributed by atoms with Crippen LogP contribution < -0.4 is 5.32 Å². The van der Waals surface area contributed by atoms with E-state index in [1.807, 2.05) is 12.4 Å². The van der Waals surface area contributed by atoms with Gasteiger partial charge in [0.25, 0.3) is 0 Å². The minimum absolute atomic E-state index is 0.123. The molecule has 0 aliphatic heterocycles. The van der Waals surface area contributed by atoms with Crippen LogP contribution in [0.5, 0.6) is 0 Å². The van der Waals surface area contributed by atoms with E-state index in [-0.39, 0.29) is 11.6 Å². The van der Waals surface area contributed by atoms with Gasteiger partial charge in [0.15, 0.2) is 0 Å². The van der Waals surface area contributed by atoms with E-state index < -0.39 is 0 Å². The Balaban J connectivity index is 3.08. The Morgan fingerprint density at radius 1 is 1.47 bits per heavy atom. The summed E-state index contributed by atoms with van der Waals surface area (Å²) < 4.78 is 7.88. The Kier molecular flexibility index (Phi) is 5.15. The van der Waals surface area contributed by atoms with Gasteiger partial charge in [0.05, 0.1) is 11.6 Å². The lowest BCUT2D eigenvalue weighted by atomic mass is 9.92. The first-order chi connectivity index (χ1) is 8.12. The van der Waals surface area contributed by atoms with Crippen molar-refractivity contribution < 1.29 is 4.74 Å². The zero-order chi connectivity index (χ0) is 12.9. The molecule has 4 nitrogen and oxygen atoms in total. The highest BCUT2D eigenvalue weighted by Crippen LogP contribution is 2.30. The molecule has 0 aromatic carbocycles. The van der Waals surface area contributed by atoms with Crippen molar-refractivity contribution in [1.29, 1.82) is 0 Å². The maximum Gasteiger partial charge on any atom is 0.128 e. The smallest absolute Gasteiger partial charge is 0.128 e. The number of hydrogen-bond donors (Lipinski definition) is 1. The number of hydrogen-bond acceptors (Lipinski definition) is 3. The first kappa shape index (κ1) is 14.2. The predicted molar refractivity (Wildman–Crippen MR) is 70.0 cm³/mol. The molecule has 0 radical (unpaired) electrons. The fourth-order valence-corrected chi connectivity index (χ4v) is 2.10. The summed E-state index contributed by atoms with van der Waals surface area (Å²) in [5, 5.41) is 3.49. The molecule has 2 atom stereocenters. The number of ether oxygens (including phenoxy) is 1. The molecular formula is C13H25N3O. The highest BCUT2D eigenvalue weighted by molar-refractivity contribution is 5.06. The number of methoxy groups -OCH3 is 1. The molecule has 98 valence electrons. The standard InChI is InChI=1S/C13H25N3O/c1-6-13(4,17-5)11(14-7-2)12-15-9-10-16(12)8-3/h9-11,14H,6-8H2,1-5H3. The SMILES string of the molecule is CCNC(c1nccn1CC)C(C)(CC)OC. The van der Waals surface area contributed by atoms with Crippen molar-refractivity contribution in [3.63, 3.8) is 0 Å². The van der Waals surface area contributed by atoms with Crippen molar-refractivity contribution in [3.05, 3.63) is 18.2 Å². The Morgan fingerprint density at radius 2 is 2.18 bits per heavy atom. The van der Waals surface area contributed by atoms with Gasteiger partial charge in [-0.1, -0.05) is 13.8 Å². The van der Waals surface area contributed by atoms with E-state index in [0.29, 0.717) is 0 Å². The molecule has 0 amide bonds. The van der Waals surface area contributed by atoms with Gasteiger partial charge >= 0.3 is 0 Å². The van der Waals surface area contributed by atoms with Crippen molar-refractivity contribution in [3.8, 4) is 0 Å². The first-order valence-corrected chi connectivity index (χ1v) is 6.42. The van der Waals surface area contributed by atoms with Crippen molar-refractivity contribution in [1.82, 2.24) is 14.9 Å². The molecule has 1 N–H and O–H groups in total. The van der Waals surface area contributed by atoms with E-state index in [2.05, 4.69) is 42.6 Å². The highest BCUT2D eigenvalue weighted by Gasteiger charge is 2.35. The maximum absolute atomic E-state index is 5.71. The molecule has 1 heterocycles. The lowest BCUT2D eigenvalue weighted by Gasteiger charge is -2.36. The molecule has 2 unspecified atom stereocenters. The molecule has 1 aromatic heterocycles. The van der Waals surface area contributed by atoms with Gasteiger partial charge in [-0.15, -0.1) is 0 Å². The van der Waals surface area contributed by atoms with Crippen LogP contribution in [0.25, 0.3) is 0 Å². The topological polar surface area (TPSA) is 39.1 Å². The fourth-order valence-electron chi connectivity index (χ4n) is 2.10. The minimum atomic E-state index is -0.228. The van der Waals surface area contributed by atoms with Crippen molar-refractivity contribution in [2.45, 2.75) is 52.3 Å². The van der Waals surface area contributed by atoms with Crippen LogP contribution in [-0.2, 0) is 11.3 Å². The van der Waals surface area contributed by atoms with Gasteiger partial charge in [0.2, 0.25) is 0 Å². The quantitative estimate of drug-likeness (QED) is 0.794. The maximum atomic E-state index is 5.71. The van der Waals surface area contributed by atoms with Crippen molar-refractivity contribution in [2.24, 2.45) is 0 Å². The summed E-state index contributed by atoms with van der Waals surface area (Å²) >= 11 is 0. The molecule has 17 heavy (non-hydrogen) atoms. The fraction of sp³-hybridized carbons (Fsp3) is 0.769. The van der Waals surface area contributed by atoms with Crippen molar-refractivity contribution >= 4 is 0 Å². The third kappa shape index (κ3) is 2.87. The van der Waals surface area contributed by atoms with E-state index in [4.69, 9.17) is 4.74 Å². The molecule has 0 aliphatic rings. The number of aryl methyl sites for hydroxylation is 1. The zero-order valence-electron chi connectivity index (χ0n) is 11.7. The van der Waals surface area contributed by atoms with Crippen LogP contribution in [0.4, 0.5) is 0 Å². The van der Waals surface area contributed by atoms with Crippen LogP contribution >= 0.6 is 0 Å². The van der Waals surface area contributed by atoms with Gasteiger partial charge in [-0.05, 0) is 26.8 Å². The van der Waals surface area contributed by atoms with Crippen LogP contribution in [0.15, 0.2) is 12.4 Å². The van der Waals surface area contributed by atoms with E-state index in [9.17, 15) is 0 Å². The normalized spacial score (nSPS) is 16.8. The molecule has 0 saturated carbocycles. The van der Waals surface area contributed by atoms with E-state index in [0.717, 1.165) is 25.3 Å². The summed E-state index contributed by atoms with van der Waals surface area (Å²) in [4.78, 5) is 4.49. The second kappa shape index (κ2) is 6.17. The average Bonchev–Trinajstić information content (AvgIpc) is 2.82. The Morgan fingerprint density at radius 3 is 2.65 bits per heavy atom. The van der Waals surface area contributed by atoms with Crippen LogP contribution in [0.3, 0.4) is 0 Å². The second-order valence-electron chi connectivity index (χ2n) is 4.43. The predicted octanol–water partition coefficient (Wildman–Crippen LogP) is 2.37. The lowest BCUT2D eigenvalue weighted by Crippen LogP contribution is -2.44. The average molecular weight is 239 g/mol. The monoisotopic (exact) mass is 239 g/mol. The summed E-state index contributed by atoms with van der Waals surface area (Å²) in [5.74, 6) is 1.06. The highest BCUT2D eigenvalue weighted by atomic mass is 16.5. The molecule has 0 bridgehead atoms. The largest absolute Gasteiger partial charge is 0.376 e. The van der Waals surface area contributed by atoms with E-state index in [1.54, 1.807) is 7.11 Å². The first-order valence-electron chi connectivity index (χ1n) is 6.42. The molecule has 0 fully saturated rings. The van der Waals surface area contributed by atoms with Gasteiger partial charge < -0.3 is 14.6 Å². The van der Waals surface area contributed by atoms with Gasteiger partial charge in [-0.3, -0.25) is 0 Å². The van der Waals surface area contributed by atoms with Crippen LogP contribution in [-0.4, -0.2) is 28.8 Å². The van der Waals surface area contributed by atoms with Crippen LogP contribution in [0.2, 0.25) is 0 Å². The minimum Gasteiger partial charge on any atom is -0.376 e. The summed E-state index contributed by atoms with van der Waals surface area (Å²) in [6.07, 6.45) is 4.82. The lowest BCUT2D eigenvalue weighted by molar-refractivity contribution is -0.0327. The molecular weight excluding hydrogens is 214 g/mol. The van der Waals surface area contributed by atoms with Gasteiger partial charge in [-0.25, -0.2) is 4.98 Å². The molecule has 4 heteroatoms. The zero-order valence-corrected chi connectivity index (χ0v) is 11.7. The number of aromatic nitrogens is 2. The summed E-state index contributed by atoms with van der Waals surface area (Å²) in [6, 6.07) is 0.123. The summed E-state index contributed by atoms with van der Waals surface area (Å²) in [5.41, 5.74) is -0.228. The number of nitrogens with zero attached hydrogens (tertiary/aromatic N) is 2. The number of nitrogens with one attached hydrogen (secondary N) is 1. The van der Waals surface area contributed by atoms with Gasteiger partial charge in [-0.2, -0.15) is 0 Å². The Bertz CT molecular complexity index is 331. The molecule has 0 saturated heterocycles. The molecule has 1 rings (SSSR count). The second-order valence-corrected chi connectivity index (χ2v) is 4.43. The van der Waals surface area contributed by atoms with E-state index >= 15 is 0 Å². The van der Waals surface area contributed by atoms with Gasteiger partial charge in [0, 0.05) is 26.0 Å². The Labute approximate surface area is 104 Å². The molecule has 0 spiro atoms. The molecule has 0 aliphatic carbocycles. The third-order valence-electron chi connectivity index (χ3n) is 3.53. The third-order valence-corrected chi connectivity index (χ3v) is 3.53. The van der Waals surface area contributed by atoms with Crippen molar-refractivity contribution in [2.75, 3.05) is 13.7 Å². The number of likely N-dealkylation sites (N-methyl/N-ethyl adjacent to an activating group) is 1. The van der Waals surface area contributed by atoms with Crippen LogP contribution in [0, 0.1) is 0 Å². The Hall–Kier alpha value is -0.870. The number of imidazole rings is 1. The van der Waals surface area contributed by atoms with Crippen LogP contribution in [0.1, 0.15) is 46.0 Å². The summed E-state index contributed by atoms with van der Waals surface area (Å²) in [7, 11) is 1.77. The summed E-state index contributed by atoms with van der Waals surface area (Å²) in [6.45, 7) is 10.4. The van der Waals surface area contributed by atoms with Gasteiger partial charge in [0.1, 0.15) is 5.82 Å². The van der Waals surface area contributed by atoms with E-state index in [1.165, 1.54) is 0 Å². The molecule has 1 aromatic rings. The number of rotatable bonds is 7.